The highest BCUT2D eigenvalue weighted by atomic mass is 32.2. The normalized spacial score (nSPS) is 26.2. The Hall–Kier alpha value is -1.37. The number of nitrogens with zero attached hydrogens (tertiary/aromatic N) is 1. The molecule has 0 aliphatic carbocycles. The van der Waals surface area contributed by atoms with E-state index < -0.39 is 87.7 Å². The van der Waals surface area contributed by atoms with E-state index in [-0.39, 0.29) is 4.72 Å². The molecule has 20 heavy (non-hydrogen) atoms. The average molecular weight is 310 g/mol. The van der Waals surface area contributed by atoms with E-state index in [1.54, 1.807) is 0 Å². The lowest BCUT2D eigenvalue weighted by atomic mass is 10.1. The quantitative estimate of drug-likeness (QED) is 0.846. The Balaban J connectivity index is 2.97. The lowest BCUT2D eigenvalue weighted by molar-refractivity contribution is 0.414. The molecule has 110 valence electrons. The number of fused-ring (bicyclic) bond motifs is 1. The van der Waals surface area contributed by atoms with Crippen molar-refractivity contribution in [1.29, 1.82) is 0 Å². The Morgan fingerprint density at radius 2 is 2.40 bits per heavy atom. The molecular weight excluding hydrogens is 274 g/mol. The van der Waals surface area contributed by atoms with Crippen molar-refractivity contribution in [3.05, 3.63) is 35.5 Å². The maximum Gasteiger partial charge on any atom is 0.215 e. The fourth-order valence-corrected chi connectivity index (χ4v) is 2.09. The number of aromatic nitrogens is 1. The maximum absolute atomic E-state index is 12.2. The summed E-state index contributed by atoms with van der Waals surface area (Å²) in [6, 6.07) is -2.49. The van der Waals surface area contributed by atoms with Gasteiger partial charge in [0.1, 0.15) is 1.41 Å². The van der Waals surface area contributed by atoms with Crippen molar-refractivity contribution in [1.82, 2.24) is 14.6 Å². The Bertz CT molecular complexity index is 1230. The number of aromatic amines is 1. The highest BCUT2D eigenvalue weighted by molar-refractivity contribution is 7.88. The zero-order valence-electron chi connectivity index (χ0n) is 25.4. The number of rotatable bonds is 6. The monoisotopic (exact) mass is 310 g/mol. The van der Waals surface area contributed by atoms with Crippen LogP contribution in [0.1, 0.15) is 28.9 Å². The summed E-state index contributed by atoms with van der Waals surface area (Å²) < 4.78 is 142. The van der Waals surface area contributed by atoms with Crippen LogP contribution in [0.4, 0.5) is 0 Å². The van der Waals surface area contributed by atoms with Crippen LogP contribution in [0.25, 0.3) is 10.9 Å². The first-order chi connectivity index (χ1) is 15.4. The molecule has 1 aromatic carbocycles. The van der Waals surface area contributed by atoms with Gasteiger partial charge in [-0.1, -0.05) is 6.04 Å². The maximum atomic E-state index is 12.2. The summed E-state index contributed by atoms with van der Waals surface area (Å²) in [4.78, 5) is -0.300. The molecule has 0 aliphatic rings. The van der Waals surface area contributed by atoms with Crippen LogP contribution < -0.4 is 4.72 Å². The Morgan fingerprint density at radius 3 is 3.10 bits per heavy atom. The summed E-state index contributed by atoms with van der Waals surface area (Å²) in [6.07, 6.45) is -2.95. The van der Waals surface area contributed by atoms with Gasteiger partial charge in [0, 0.05) is 37.3 Å². The topological polar surface area (TPSA) is 65.2 Å². The highest BCUT2D eigenvalue weighted by Crippen LogP contribution is 2.21. The van der Waals surface area contributed by atoms with Gasteiger partial charge in [0.05, 0.1) is 9.87 Å². The van der Waals surface area contributed by atoms with Crippen molar-refractivity contribution in [3.63, 3.8) is 0 Å². The zero-order chi connectivity index (χ0) is 27.7. The van der Waals surface area contributed by atoms with E-state index in [0.29, 0.717) is 11.2 Å². The molecular formula is C14H21N3O2S. The predicted molar refractivity (Wildman–Crippen MR) is 82.2 cm³/mol. The number of likely N-dealkylation sites (N-methyl/N-ethyl adjacent to an activating group) is 1. The molecule has 0 fully saturated rings. The van der Waals surface area contributed by atoms with E-state index in [9.17, 15) is 8.42 Å². The van der Waals surface area contributed by atoms with Gasteiger partial charge in [-0.15, -0.1) is 0 Å². The number of sulfonamides is 1. The van der Waals surface area contributed by atoms with E-state index in [1.807, 2.05) is 0 Å². The Morgan fingerprint density at radius 1 is 1.60 bits per heavy atom. The first-order valence-corrected chi connectivity index (χ1v) is 6.91. The summed E-state index contributed by atoms with van der Waals surface area (Å²) in [6.45, 7) is -11.1. The van der Waals surface area contributed by atoms with Crippen molar-refractivity contribution in [2.75, 3.05) is 27.5 Å². The van der Waals surface area contributed by atoms with Crippen LogP contribution in [-0.4, -0.2) is 45.8 Å². The van der Waals surface area contributed by atoms with Crippen molar-refractivity contribution < 1.29 is 29.1 Å². The second-order valence-corrected chi connectivity index (χ2v) is 5.55. The molecule has 0 saturated carbocycles. The standard InChI is InChI=1S/C14H21N3O2S/c1-15-20(18,19)10-11-4-5-14-13(8-11)12(9-16-14)6-7-17(2)3/h4-5,8-9,15-16H,6-7,10H2,1-3H3/i2D3,3D3,4D,5D,6D2,7D2,8D/hD2. The SMILES string of the molecule is [2H]c1c(CS(=O)(=O)N([2H])C)c([2H])c2c(C([2H])([2H])C([2H])([2H])N(C([2H])([2H])[2H])C([2H])([2H])[2H])cn([2H])c2c1[2H]. The number of nitrogens with one attached hydrogen (secondary N) is 2. The molecule has 2 aromatic rings. The second kappa shape index (κ2) is 5.95. The molecule has 0 radical (unpaired) electrons. The third kappa shape index (κ3) is 3.59. The van der Waals surface area contributed by atoms with E-state index in [4.69, 9.17) is 20.6 Å². The minimum Gasteiger partial charge on any atom is -0.361 e. The number of aryl methyl sites for hydroxylation is 1. The number of hydrogen-bond donors (Lipinski definition) is 2. The number of H-pyrrole nitrogens is 1. The summed E-state index contributed by atoms with van der Waals surface area (Å²) in [5.41, 5.74) is -2.12. The molecule has 0 amide bonds. The molecule has 0 bridgehead atoms. The summed E-state index contributed by atoms with van der Waals surface area (Å²) in [5.74, 6) is -1.12. The molecule has 5 nitrogen and oxygen atoms in total. The fourth-order valence-electron chi connectivity index (χ4n) is 1.45. The Labute approximate surface area is 141 Å². The van der Waals surface area contributed by atoms with Crippen LogP contribution in [0.5, 0.6) is 0 Å². The fraction of sp³-hybridized carbons (Fsp3) is 0.429. The summed E-state index contributed by atoms with van der Waals surface area (Å²) in [7, 11) is -3.54. The summed E-state index contributed by atoms with van der Waals surface area (Å²) >= 11 is 0. The van der Waals surface area contributed by atoms with Gasteiger partial charge >= 0.3 is 0 Å². The molecule has 1 aromatic heterocycles. The minimum atomic E-state index is -4.41. The van der Waals surface area contributed by atoms with Gasteiger partial charge in [0.25, 0.3) is 0 Å². The molecule has 0 atom stereocenters. The second-order valence-electron chi connectivity index (χ2n) is 3.73. The third-order valence-electron chi connectivity index (χ3n) is 2.34. The molecule has 2 N–H and O–H groups in total. The first kappa shape index (κ1) is 4.83. The minimum absolute atomic E-state index is 0.0543. The molecule has 0 saturated heterocycles. The lowest BCUT2D eigenvalue weighted by Gasteiger charge is -2.08. The molecule has 0 aliphatic heterocycles. The van der Waals surface area contributed by atoms with Crippen molar-refractivity contribution >= 4 is 20.9 Å². The summed E-state index contributed by atoms with van der Waals surface area (Å²) in [5, 5.41) is -0.677. The molecule has 1 heterocycles. The third-order valence-corrected chi connectivity index (χ3v) is 3.55. The van der Waals surface area contributed by atoms with Crippen LogP contribution in [0, 0.1) is 0 Å². The van der Waals surface area contributed by atoms with Gasteiger partial charge in [-0.2, -0.15) is 0 Å². The van der Waals surface area contributed by atoms with Crippen LogP contribution >= 0.6 is 0 Å². The highest BCUT2D eigenvalue weighted by Gasteiger charge is 2.11. The van der Waals surface area contributed by atoms with Gasteiger partial charge in [0.2, 0.25) is 10.0 Å². The molecule has 0 spiro atoms. The van der Waals surface area contributed by atoms with E-state index in [0.717, 1.165) is 7.05 Å². The van der Waals surface area contributed by atoms with Gasteiger partial charge < -0.3 is 9.88 Å². The zero-order valence-corrected chi connectivity index (χ0v) is 11.2. The van der Waals surface area contributed by atoms with Gasteiger partial charge in [-0.05, 0) is 50.6 Å². The van der Waals surface area contributed by atoms with E-state index >= 15 is 0 Å². The van der Waals surface area contributed by atoms with E-state index in [1.165, 1.54) is 0 Å². The van der Waals surface area contributed by atoms with Crippen molar-refractivity contribution in [2.45, 2.75) is 12.1 Å². The van der Waals surface area contributed by atoms with Crippen molar-refractivity contribution in [3.8, 4) is 0 Å². The van der Waals surface area contributed by atoms with Crippen molar-refractivity contribution in [2.24, 2.45) is 0 Å². The smallest absolute Gasteiger partial charge is 0.215 e. The molecule has 6 heteroatoms. The predicted octanol–water partition coefficient (Wildman–Crippen LogP) is 1.32. The van der Waals surface area contributed by atoms with Crippen LogP contribution in [0.3, 0.4) is 0 Å². The van der Waals surface area contributed by atoms with Gasteiger partial charge in [0.15, 0.2) is 1.41 Å². The van der Waals surface area contributed by atoms with Gasteiger partial charge in [-0.25, -0.2) is 13.1 Å². The lowest BCUT2D eigenvalue weighted by Crippen LogP contribution is -2.20. The van der Waals surface area contributed by atoms with Crippen LogP contribution in [0.2, 0.25) is 2.82 Å². The largest absolute Gasteiger partial charge is 0.361 e. The van der Waals surface area contributed by atoms with Crippen LogP contribution in [-0.2, 0) is 22.1 Å². The van der Waals surface area contributed by atoms with E-state index in [2.05, 4.69) is 0 Å². The number of hydrogen-bond acceptors (Lipinski definition) is 3. The molecule has 2 rings (SSSR count). The first-order valence-electron chi connectivity index (χ1n) is 12.7. The average Bonchev–Trinajstić information content (AvgIpc) is 2.98. The number of benzene rings is 1. The Kier molecular flexibility index (Phi) is 1.44. The van der Waals surface area contributed by atoms with Gasteiger partial charge in [-0.3, -0.25) is 0 Å². The van der Waals surface area contributed by atoms with Crippen LogP contribution in [0.15, 0.2) is 24.3 Å². The molecule has 0 unspecified atom stereocenters.